The van der Waals surface area contributed by atoms with Crippen molar-refractivity contribution >= 4 is 11.9 Å². The van der Waals surface area contributed by atoms with Crippen LogP contribution in [-0.4, -0.2) is 74.9 Å². The molecule has 0 aromatic heterocycles. The van der Waals surface area contributed by atoms with Crippen molar-refractivity contribution in [2.24, 2.45) is 10.9 Å². The van der Waals surface area contributed by atoms with Crippen LogP contribution in [0.1, 0.15) is 46.5 Å². The molecule has 0 bridgehead atoms. The Balaban J connectivity index is 1.68. The molecule has 0 aromatic carbocycles. The highest BCUT2D eigenvalue weighted by Crippen LogP contribution is 2.13. The molecule has 2 aliphatic heterocycles. The Morgan fingerprint density at radius 1 is 1.31 bits per heavy atom. The van der Waals surface area contributed by atoms with Gasteiger partial charge in [-0.2, -0.15) is 0 Å². The molecule has 1 unspecified atom stereocenters. The lowest BCUT2D eigenvalue weighted by Crippen LogP contribution is -2.45. The molecule has 1 atom stereocenters. The zero-order valence-electron chi connectivity index (χ0n) is 16.6. The normalized spacial score (nSPS) is 22.1. The maximum atomic E-state index is 12.1. The van der Waals surface area contributed by atoms with E-state index in [1.807, 2.05) is 18.7 Å². The monoisotopic (exact) mass is 368 g/mol. The van der Waals surface area contributed by atoms with Gasteiger partial charge in [-0.15, -0.1) is 0 Å². The number of carbonyl (C=O) groups excluding carboxylic acids is 1. The van der Waals surface area contributed by atoms with Gasteiger partial charge in [0.1, 0.15) is 0 Å². The number of likely N-dealkylation sites (tertiary alicyclic amines) is 1. The molecule has 2 rings (SSSR count). The number of hydrogen-bond acceptors (Lipinski definition) is 4. The van der Waals surface area contributed by atoms with E-state index in [4.69, 9.17) is 9.47 Å². The second-order valence-electron chi connectivity index (χ2n) is 7.37. The fourth-order valence-electron chi connectivity index (χ4n) is 3.30. The molecule has 0 spiro atoms. The smallest absolute Gasteiger partial charge is 0.225 e. The van der Waals surface area contributed by atoms with Crippen LogP contribution < -0.4 is 10.6 Å². The molecular formula is C19H36N4O3. The molecule has 2 heterocycles. The first-order valence-corrected chi connectivity index (χ1v) is 10.1. The minimum Gasteiger partial charge on any atom is -0.381 e. The summed E-state index contributed by atoms with van der Waals surface area (Å²) in [7, 11) is 0. The molecule has 150 valence electrons. The molecule has 0 radical (unpaired) electrons. The van der Waals surface area contributed by atoms with Gasteiger partial charge in [-0.1, -0.05) is 13.8 Å². The Bertz CT molecular complexity index is 450. The van der Waals surface area contributed by atoms with Gasteiger partial charge in [0.25, 0.3) is 0 Å². The third kappa shape index (κ3) is 7.11. The molecule has 26 heavy (non-hydrogen) atoms. The average Bonchev–Trinajstić information content (AvgIpc) is 3.10. The van der Waals surface area contributed by atoms with Gasteiger partial charge in [0.2, 0.25) is 5.91 Å². The fourth-order valence-corrected chi connectivity index (χ4v) is 3.30. The Morgan fingerprint density at radius 3 is 2.77 bits per heavy atom. The number of ether oxygens (including phenoxy) is 2. The quantitative estimate of drug-likeness (QED) is 0.385. The van der Waals surface area contributed by atoms with E-state index in [9.17, 15) is 4.79 Å². The van der Waals surface area contributed by atoms with Gasteiger partial charge in [0, 0.05) is 58.0 Å². The van der Waals surface area contributed by atoms with Crippen molar-refractivity contribution in [2.75, 3.05) is 46.0 Å². The Kier molecular flexibility index (Phi) is 9.18. The maximum Gasteiger partial charge on any atom is 0.225 e. The summed E-state index contributed by atoms with van der Waals surface area (Å²) in [6.45, 7) is 11.5. The van der Waals surface area contributed by atoms with Crippen LogP contribution in [0.15, 0.2) is 4.99 Å². The highest BCUT2D eigenvalue weighted by Gasteiger charge is 2.27. The SMILES string of the molecule is CCNC(=NCCCOC1CCOCC1)NC1CCN(C(=O)C(C)C)C1. The summed E-state index contributed by atoms with van der Waals surface area (Å²) in [5.41, 5.74) is 0. The molecule has 7 heteroatoms. The van der Waals surface area contributed by atoms with Crippen molar-refractivity contribution in [3.8, 4) is 0 Å². The largest absolute Gasteiger partial charge is 0.381 e. The summed E-state index contributed by atoms with van der Waals surface area (Å²) in [4.78, 5) is 18.7. The van der Waals surface area contributed by atoms with E-state index >= 15 is 0 Å². The van der Waals surface area contributed by atoms with Crippen LogP contribution in [0, 0.1) is 5.92 Å². The molecule has 2 fully saturated rings. The van der Waals surface area contributed by atoms with Crippen LogP contribution >= 0.6 is 0 Å². The van der Waals surface area contributed by atoms with Gasteiger partial charge in [-0.05, 0) is 32.6 Å². The summed E-state index contributed by atoms with van der Waals surface area (Å²) in [5, 5.41) is 6.76. The van der Waals surface area contributed by atoms with Crippen LogP contribution in [0.25, 0.3) is 0 Å². The number of nitrogens with zero attached hydrogens (tertiary/aromatic N) is 2. The highest BCUT2D eigenvalue weighted by atomic mass is 16.5. The third-order valence-electron chi connectivity index (χ3n) is 4.77. The van der Waals surface area contributed by atoms with E-state index in [2.05, 4.69) is 22.5 Å². The van der Waals surface area contributed by atoms with E-state index in [0.29, 0.717) is 6.10 Å². The highest BCUT2D eigenvalue weighted by molar-refractivity contribution is 5.81. The van der Waals surface area contributed by atoms with Crippen LogP contribution in [0.3, 0.4) is 0 Å². The second kappa shape index (κ2) is 11.4. The number of nitrogens with one attached hydrogen (secondary N) is 2. The van der Waals surface area contributed by atoms with Gasteiger partial charge in [0.15, 0.2) is 5.96 Å². The maximum absolute atomic E-state index is 12.1. The zero-order valence-corrected chi connectivity index (χ0v) is 16.6. The van der Waals surface area contributed by atoms with E-state index < -0.39 is 0 Å². The first-order valence-electron chi connectivity index (χ1n) is 10.1. The summed E-state index contributed by atoms with van der Waals surface area (Å²) in [6.07, 6.45) is 4.23. The van der Waals surface area contributed by atoms with Crippen molar-refractivity contribution < 1.29 is 14.3 Å². The van der Waals surface area contributed by atoms with E-state index in [1.54, 1.807) is 0 Å². The van der Waals surface area contributed by atoms with E-state index in [1.165, 1.54) is 0 Å². The topological polar surface area (TPSA) is 75.2 Å². The van der Waals surface area contributed by atoms with Crippen molar-refractivity contribution in [2.45, 2.75) is 58.6 Å². The third-order valence-corrected chi connectivity index (χ3v) is 4.77. The summed E-state index contributed by atoms with van der Waals surface area (Å²) in [6, 6.07) is 0.272. The first kappa shape index (κ1) is 21.0. The van der Waals surface area contributed by atoms with Gasteiger partial charge >= 0.3 is 0 Å². The molecule has 0 aromatic rings. The van der Waals surface area contributed by atoms with Crippen molar-refractivity contribution in [1.29, 1.82) is 0 Å². The number of rotatable bonds is 8. The summed E-state index contributed by atoms with van der Waals surface area (Å²) in [5.74, 6) is 1.13. The molecule has 2 aliphatic rings. The predicted octanol–water partition coefficient (Wildman–Crippen LogP) is 1.38. The Labute approximate surface area is 157 Å². The number of guanidine groups is 1. The average molecular weight is 369 g/mol. The van der Waals surface area contributed by atoms with Gasteiger partial charge in [-0.25, -0.2) is 0 Å². The van der Waals surface area contributed by atoms with Crippen LogP contribution in [-0.2, 0) is 14.3 Å². The molecule has 2 N–H and O–H groups in total. The van der Waals surface area contributed by atoms with Crippen LogP contribution in [0.4, 0.5) is 0 Å². The number of hydrogen-bond donors (Lipinski definition) is 2. The Morgan fingerprint density at radius 2 is 2.08 bits per heavy atom. The van der Waals surface area contributed by atoms with Gasteiger partial charge in [-0.3, -0.25) is 9.79 Å². The summed E-state index contributed by atoms with van der Waals surface area (Å²) < 4.78 is 11.2. The lowest BCUT2D eigenvalue weighted by atomic mass is 10.1. The molecule has 1 amide bonds. The zero-order chi connectivity index (χ0) is 18.8. The van der Waals surface area contributed by atoms with Gasteiger partial charge < -0.3 is 25.0 Å². The van der Waals surface area contributed by atoms with E-state index in [0.717, 1.165) is 77.6 Å². The molecule has 0 aliphatic carbocycles. The van der Waals surface area contributed by atoms with Crippen LogP contribution in [0.5, 0.6) is 0 Å². The van der Waals surface area contributed by atoms with E-state index in [-0.39, 0.29) is 17.9 Å². The second-order valence-corrected chi connectivity index (χ2v) is 7.37. The minimum atomic E-state index is 0.0615. The number of carbonyl (C=O) groups is 1. The fraction of sp³-hybridized carbons (Fsp3) is 0.895. The summed E-state index contributed by atoms with van der Waals surface area (Å²) >= 11 is 0. The molecular weight excluding hydrogens is 332 g/mol. The molecule has 0 saturated carbocycles. The van der Waals surface area contributed by atoms with Crippen molar-refractivity contribution in [3.63, 3.8) is 0 Å². The Hall–Kier alpha value is -1.34. The van der Waals surface area contributed by atoms with Crippen LogP contribution in [0.2, 0.25) is 0 Å². The number of amides is 1. The lowest BCUT2D eigenvalue weighted by Gasteiger charge is -2.22. The predicted molar refractivity (Wildman–Crippen MR) is 103 cm³/mol. The van der Waals surface area contributed by atoms with Crippen molar-refractivity contribution in [3.05, 3.63) is 0 Å². The standard InChI is InChI=1S/C19H36N4O3/c1-4-20-19(21-9-5-11-26-17-7-12-25-13-8-17)22-16-6-10-23(14-16)18(24)15(2)3/h15-17H,4-14H2,1-3H3,(H2,20,21,22). The van der Waals surface area contributed by atoms with Crippen molar-refractivity contribution in [1.82, 2.24) is 15.5 Å². The van der Waals surface area contributed by atoms with Gasteiger partial charge in [0.05, 0.1) is 6.10 Å². The first-order chi connectivity index (χ1) is 12.6. The minimum absolute atomic E-state index is 0.0615. The number of aliphatic imine (C=N–C) groups is 1. The lowest BCUT2D eigenvalue weighted by molar-refractivity contribution is -0.133. The molecule has 2 saturated heterocycles. The molecule has 7 nitrogen and oxygen atoms in total.